The Labute approximate surface area is 156 Å². The van der Waals surface area contributed by atoms with E-state index in [2.05, 4.69) is 25.7 Å². The Morgan fingerprint density at radius 1 is 1.15 bits per heavy atom. The van der Waals surface area contributed by atoms with Crippen molar-refractivity contribution in [2.75, 3.05) is 26.2 Å². The molecule has 0 N–H and O–H groups in total. The fourth-order valence-electron chi connectivity index (χ4n) is 4.61. The summed E-state index contributed by atoms with van der Waals surface area (Å²) in [5, 5.41) is 0. The lowest BCUT2D eigenvalue weighted by molar-refractivity contribution is -0.139. The molecule has 5 nitrogen and oxygen atoms in total. The number of furan rings is 1. The molecule has 0 bridgehead atoms. The maximum atomic E-state index is 12.9. The lowest BCUT2D eigenvalue weighted by atomic mass is 9.74. The van der Waals surface area contributed by atoms with Crippen molar-refractivity contribution in [1.82, 2.24) is 9.80 Å². The third kappa shape index (κ3) is 4.30. The van der Waals surface area contributed by atoms with Crippen LogP contribution in [0.2, 0.25) is 0 Å². The Balaban J connectivity index is 1.48. The van der Waals surface area contributed by atoms with Gasteiger partial charge in [-0.3, -0.25) is 9.59 Å². The van der Waals surface area contributed by atoms with E-state index in [1.807, 2.05) is 4.90 Å². The normalized spacial score (nSPS) is 21.2. The Morgan fingerprint density at radius 2 is 1.81 bits per heavy atom. The molecule has 2 aliphatic heterocycles. The first-order valence-electron chi connectivity index (χ1n) is 9.98. The summed E-state index contributed by atoms with van der Waals surface area (Å²) in [6.45, 7) is 10.0. The van der Waals surface area contributed by atoms with Crippen LogP contribution in [0.1, 0.15) is 63.2 Å². The molecular formula is C21H32N2O3. The zero-order valence-electron chi connectivity index (χ0n) is 16.4. The van der Waals surface area contributed by atoms with E-state index in [1.54, 1.807) is 6.07 Å². The molecule has 0 radical (unpaired) electrons. The van der Waals surface area contributed by atoms with Gasteiger partial charge >= 0.3 is 0 Å². The number of hydrogen-bond donors (Lipinski definition) is 0. The van der Waals surface area contributed by atoms with E-state index >= 15 is 0 Å². The minimum Gasteiger partial charge on any atom is -0.472 e. The van der Waals surface area contributed by atoms with Crippen molar-refractivity contribution in [3.63, 3.8) is 0 Å². The van der Waals surface area contributed by atoms with E-state index in [0.717, 1.165) is 38.8 Å². The van der Waals surface area contributed by atoms with Crippen molar-refractivity contribution >= 4 is 11.8 Å². The van der Waals surface area contributed by atoms with Crippen LogP contribution in [0, 0.1) is 17.3 Å². The molecule has 3 heterocycles. The monoisotopic (exact) mass is 360 g/mol. The number of piperidine rings is 2. The van der Waals surface area contributed by atoms with Crippen LogP contribution in [-0.2, 0) is 4.79 Å². The van der Waals surface area contributed by atoms with Gasteiger partial charge in [-0.1, -0.05) is 20.8 Å². The van der Waals surface area contributed by atoms with Crippen molar-refractivity contribution in [1.29, 1.82) is 0 Å². The molecule has 0 aliphatic carbocycles. The first-order chi connectivity index (χ1) is 12.4. The van der Waals surface area contributed by atoms with Crippen LogP contribution in [0.3, 0.4) is 0 Å². The van der Waals surface area contributed by atoms with Crippen LogP contribution in [0.15, 0.2) is 23.0 Å². The van der Waals surface area contributed by atoms with Crippen molar-refractivity contribution in [3.05, 3.63) is 24.2 Å². The van der Waals surface area contributed by atoms with Crippen LogP contribution < -0.4 is 0 Å². The number of hydrogen-bond acceptors (Lipinski definition) is 3. The molecule has 0 saturated carbocycles. The first-order valence-corrected chi connectivity index (χ1v) is 9.98. The molecule has 2 saturated heterocycles. The van der Waals surface area contributed by atoms with E-state index < -0.39 is 0 Å². The van der Waals surface area contributed by atoms with Gasteiger partial charge in [-0.25, -0.2) is 0 Å². The molecular weight excluding hydrogens is 328 g/mol. The topological polar surface area (TPSA) is 53.8 Å². The van der Waals surface area contributed by atoms with Crippen molar-refractivity contribution in [2.24, 2.45) is 17.3 Å². The number of amides is 2. The number of likely N-dealkylation sites (tertiary alicyclic amines) is 2. The fraction of sp³-hybridized carbons (Fsp3) is 0.714. The van der Waals surface area contributed by atoms with Crippen molar-refractivity contribution in [3.8, 4) is 0 Å². The third-order valence-corrected chi connectivity index (χ3v) is 6.08. The highest BCUT2D eigenvalue weighted by Gasteiger charge is 2.36. The summed E-state index contributed by atoms with van der Waals surface area (Å²) in [7, 11) is 0. The Hall–Kier alpha value is -1.78. The molecule has 2 amide bonds. The molecule has 0 spiro atoms. The molecule has 0 aromatic carbocycles. The molecule has 0 unspecified atom stereocenters. The first kappa shape index (κ1) is 19.0. The van der Waals surface area contributed by atoms with Crippen LogP contribution in [0.5, 0.6) is 0 Å². The number of carbonyl (C=O) groups is 2. The van der Waals surface area contributed by atoms with Gasteiger partial charge in [0.05, 0.1) is 11.8 Å². The number of carbonyl (C=O) groups excluding carboxylic acids is 2. The predicted octanol–water partition coefficient (Wildman–Crippen LogP) is 3.81. The maximum absolute atomic E-state index is 12.9. The molecule has 5 heteroatoms. The molecule has 2 aliphatic rings. The minimum absolute atomic E-state index is 0.00655. The largest absolute Gasteiger partial charge is 0.472 e. The summed E-state index contributed by atoms with van der Waals surface area (Å²) in [5.74, 6) is 1.08. The van der Waals surface area contributed by atoms with E-state index in [9.17, 15) is 9.59 Å². The fourth-order valence-corrected chi connectivity index (χ4v) is 4.61. The van der Waals surface area contributed by atoms with Crippen molar-refractivity contribution in [2.45, 2.75) is 52.9 Å². The minimum atomic E-state index is 0.00655. The maximum Gasteiger partial charge on any atom is 0.257 e. The average Bonchev–Trinajstić information content (AvgIpc) is 3.15. The summed E-state index contributed by atoms with van der Waals surface area (Å²) in [5.41, 5.74) is 0.973. The van der Waals surface area contributed by atoms with Crippen LogP contribution in [0.4, 0.5) is 0 Å². The quantitative estimate of drug-likeness (QED) is 0.820. The molecule has 1 aromatic rings. The van der Waals surface area contributed by atoms with Crippen LogP contribution in [-0.4, -0.2) is 47.8 Å². The molecule has 1 aromatic heterocycles. The number of rotatable bonds is 4. The smallest absolute Gasteiger partial charge is 0.257 e. The van der Waals surface area contributed by atoms with Gasteiger partial charge in [0.15, 0.2) is 0 Å². The van der Waals surface area contributed by atoms with E-state index in [-0.39, 0.29) is 11.8 Å². The Kier molecular flexibility index (Phi) is 5.73. The van der Waals surface area contributed by atoms with Gasteiger partial charge < -0.3 is 14.2 Å². The summed E-state index contributed by atoms with van der Waals surface area (Å²) in [4.78, 5) is 29.2. The molecule has 3 rings (SSSR count). The summed E-state index contributed by atoms with van der Waals surface area (Å²) in [6, 6.07) is 1.70. The average molecular weight is 360 g/mol. The molecule has 26 heavy (non-hydrogen) atoms. The van der Waals surface area contributed by atoms with Gasteiger partial charge in [0.25, 0.3) is 5.91 Å². The molecule has 144 valence electrons. The zero-order chi connectivity index (χ0) is 18.7. The highest BCUT2D eigenvalue weighted by molar-refractivity contribution is 5.94. The second-order valence-corrected chi connectivity index (χ2v) is 8.81. The van der Waals surface area contributed by atoms with E-state index in [1.165, 1.54) is 18.9 Å². The Bertz CT molecular complexity index is 607. The van der Waals surface area contributed by atoms with Gasteiger partial charge in [0.1, 0.15) is 6.26 Å². The standard InChI is InChI=1S/C21H32N2O3/c1-16(2)14-21(3)7-11-23(12-8-21)19(24)17-4-9-22(10-5-17)20(25)18-6-13-26-15-18/h6,13,15-17H,4-5,7-12,14H2,1-3H3. The number of nitrogens with zero attached hydrogens (tertiary/aromatic N) is 2. The second-order valence-electron chi connectivity index (χ2n) is 8.81. The molecule has 0 atom stereocenters. The highest BCUT2D eigenvalue weighted by atomic mass is 16.3. The van der Waals surface area contributed by atoms with Crippen LogP contribution in [0.25, 0.3) is 0 Å². The predicted molar refractivity (Wildman–Crippen MR) is 101 cm³/mol. The molecule has 2 fully saturated rings. The SMILES string of the molecule is CC(C)CC1(C)CCN(C(=O)C2CCN(C(=O)c3ccoc3)CC2)CC1. The van der Waals surface area contributed by atoms with Gasteiger partial charge in [-0.15, -0.1) is 0 Å². The highest BCUT2D eigenvalue weighted by Crippen LogP contribution is 2.37. The zero-order valence-corrected chi connectivity index (χ0v) is 16.4. The van der Waals surface area contributed by atoms with Gasteiger partial charge in [-0.05, 0) is 49.5 Å². The summed E-state index contributed by atoms with van der Waals surface area (Å²) < 4.78 is 5.00. The van der Waals surface area contributed by atoms with Crippen LogP contribution >= 0.6 is 0 Å². The van der Waals surface area contributed by atoms with E-state index in [0.29, 0.717) is 35.9 Å². The van der Waals surface area contributed by atoms with Crippen molar-refractivity contribution < 1.29 is 14.0 Å². The van der Waals surface area contributed by atoms with E-state index in [4.69, 9.17) is 4.42 Å². The lowest BCUT2D eigenvalue weighted by Crippen LogP contribution is -2.48. The summed E-state index contributed by atoms with van der Waals surface area (Å²) in [6.07, 6.45) is 7.99. The Morgan fingerprint density at radius 3 is 2.35 bits per heavy atom. The van der Waals surface area contributed by atoms with Gasteiger partial charge in [0, 0.05) is 32.1 Å². The second kappa shape index (κ2) is 7.85. The lowest BCUT2D eigenvalue weighted by Gasteiger charge is -2.42. The van der Waals surface area contributed by atoms with Gasteiger partial charge in [-0.2, -0.15) is 0 Å². The summed E-state index contributed by atoms with van der Waals surface area (Å²) >= 11 is 0. The van der Waals surface area contributed by atoms with Gasteiger partial charge in [0.2, 0.25) is 5.91 Å². The third-order valence-electron chi connectivity index (χ3n) is 6.08.